The number of β-amino-alcohol motifs (C(OH)–C–C–N with tert-alkyl or cyclic N) is 1. The van der Waals surface area contributed by atoms with Crippen LogP contribution in [0.5, 0.6) is 0 Å². The average molecular weight is 213 g/mol. The second kappa shape index (κ2) is 3.59. The molecule has 2 N–H and O–H groups in total. The van der Waals surface area contributed by atoms with Crippen LogP contribution in [0.4, 0.5) is 4.79 Å². The van der Waals surface area contributed by atoms with Crippen molar-refractivity contribution in [1.82, 2.24) is 4.90 Å². The molecule has 0 aliphatic carbocycles. The second-order valence-corrected chi connectivity index (χ2v) is 4.29. The first-order valence-electron chi connectivity index (χ1n) is 4.40. The molecule has 0 radical (unpaired) electrons. The monoisotopic (exact) mass is 213 g/mol. The van der Waals surface area contributed by atoms with Gasteiger partial charge in [-0.2, -0.15) is 0 Å². The molecule has 76 valence electrons. The molecule has 0 fully saturated rings. The van der Waals surface area contributed by atoms with Gasteiger partial charge in [0, 0.05) is 11.4 Å². The van der Waals surface area contributed by atoms with Gasteiger partial charge >= 0.3 is 6.09 Å². The summed E-state index contributed by atoms with van der Waals surface area (Å²) in [6.07, 6.45) is -0.926. The molecule has 1 aliphatic rings. The lowest BCUT2D eigenvalue weighted by atomic mass is 10.1. The van der Waals surface area contributed by atoms with Crippen molar-refractivity contribution in [2.75, 3.05) is 13.1 Å². The highest BCUT2D eigenvalue weighted by Crippen LogP contribution is 2.27. The minimum absolute atomic E-state index is 0.180. The van der Waals surface area contributed by atoms with Crippen LogP contribution in [-0.2, 0) is 6.42 Å². The van der Waals surface area contributed by atoms with Crippen LogP contribution in [0.2, 0.25) is 0 Å². The molecule has 0 spiro atoms. The van der Waals surface area contributed by atoms with E-state index < -0.39 is 12.2 Å². The van der Waals surface area contributed by atoms with Crippen molar-refractivity contribution in [3.8, 4) is 0 Å². The van der Waals surface area contributed by atoms with Crippen LogP contribution in [0.1, 0.15) is 16.5 Å². The lowest BCUT2D eigenvalue weighted by Crippen LogP contribution is -2.33. The first-order chi connectivity index (χ1) is 6.68. The van der Waals surface area contributed by atoms with Crippen LogP contribution in [0.15, 0.2) is 11.4 Å². The maximum Gasteiger partial charge on any atom is 0.407 e. The highest BCUT2D eigenvalue weighted by molar-refractivity contribution is 7.10. The van der Waals surface area contributed by atoms with E-state index in [4.69, 9.17) is 5.11 Å². The van der Waals surface area contributed by atoms with E-state index in [0.717, 1.165) is 10.4 Å². The van der Waals surface area contributed by atoms with Crippen molar-refractivity contribution in [3.05, 3.63) is 21.9 Å². The first kappa shape index (κ1) is 9.48. The maximum atomic E-state index is 10.7. The second-order valence-electron chi connectivity index (χ2n) is 3.29. The Morgan fingerprint density at radius 2 is 2.43 bits per heavy atom. The van der Waals surface area contributed by atoms with Crippen LogP contribution in [0, 0.1) is 0 Å². The molecule has 2 heterocycles. The van der Waals surface area contributed by atoms with Gasteiger partial charge < -0.3 is 15.1 Å². The molecule has 5 heteroatoms. The molecular weight excluding hydrogens is 202 g/mol. The van der Waals surface area contributed by atoms with E-state index >= 15 is 0 Å². The van der Waals surface area contributed by atoms with Crippen molar-refractivity contribution < 1.29 is 15.0 Å². The smallest absolute Gasteiger partial charge is 0.407 e. The summed E-state index contributed by atoms with van der Waals surface area (Å²) in [7, 11) is 0. The number of carbonyl (C=O) groups is 1. The molecule has 1 atom stereocenters. The lowest BCUT2D eigenvalue weighted by Gasteiger charge is -2.18. The molecule has 14 heavy (non-hydrogen) atoms. The van der Waals surface area contributed by atoms with Crippen LogP contribution in [0.25, 0.3) is 0 Å². The predicted molar refractivity (Wildman–Crippen MR) is 52.6 cm³/mol. The summed E-state index contributed by atoms with van der Waals surface area (Å²) in [5.74, 6) is 0. The van der Waals surface area contributed by atoms with E-state index in [1.165, 1.54) is 4.90 Å². The van der Waals surface area contributed by atoms with Gasteiger partial charge in [0.1, 0.15) is 0 Å². The quantitative estimate of drug-likeness (QED) is 0.683. The van der Waals surface area contributed by atoms with Crippen molar-refractivity contribution in [2.45, 2.75) is 12.5 Å². The largest absolute Gasteiger partial charge is 0.465 e. The Morgan fingerprint density at radius 1 is 1.64 bits per heavy atom. The average Bonchev–Trinajstić information content (AvgIpc) is 2.54. The minimum Gasteiger partial charge on any atom is -0.465 e. The number of fused-ring (bicyclic) bond motifs is 1. The van der Waals surface area contributed by atoms with E-state index in [1.807, 2.05) is 11.4 Å². The summed E-state index contributed by atoms with van der Waals surface area (Å²) in [6, 6.07) is 1.87. The molecule has 1 aromatic rings. The number of carboxylic acid groups (broad SMARTS) is 1. The van der Waals surface area contributed by atoms with Gasteiger partial charge in [-0.05, 0) is 23.4 Å². The number of amides is 1. The van der Waals surface area contributed by atoms with Crippen molar-refractivity contribution >= 4 is 17.4 Å². The van der Waals surface area contributed by atoms with Crippen LogP contribution >= 0.6 is 11.3 Å². The molecule has 0 bridgehead atoms. The Kier molecular flexibility index (Phi) is 2.43. The fourth-order valence-electron chi connectivity index (χ4n) is 1.66. The topological polar surface area (TPSA) is 60.8 Å². The van der Waals surface area contributed by atoms with Crippen LogP contribution in [-0.4, -0.2) is 34.3 Å². The van der Waals surface area contributed by atoms with E-state index in [1.54, 1.807) is 11.3 Å². The Labute approximate surface area is 85.4 Å². The van der Waals surface area contributed by atoms with E-state index in [-0.39, 0.29) is 6.54 Å². The van der Waals surface area contributed by atoms with E-state index in [9.17, 15) is 9.90 Å². The van der Waals surface area contributed by atoms with Crippen molar-refractivity contribution in [1.29, 1.82) is 0 Å². The molecule has 0 aromatic carbocycles. The lowest BCUT2D eigenvalue weighted by molar-refractivity contribution is 0.102. The molecule has 1 aliphatic heterocycles. The van der Waals surface area contributed by atoms with E-state index in [0.29, 0.717) is 13.0 Å². The highest BCUT2D eigenvalue weighted by Gasteiger charge is 2.24. The summed E-state index contributed by atoms with van der Waals surface area (Å²) in [4.78, 5) is 13.1. The van der Waals surface area contributed by atoms with Gasteiger partial charge in [0.2, 0.25) is 0 Å². The molecule has 2 rings (SSSR count). The van der Waals surface area contributed by atoms with Gasteiger partial charge in [0.05, 0.1) is 12.6 Å². The Morgan fingerprint density at radius 3 is 3.14 bits per heavy atom. The number of aliphatic hydroxyl groups is 1. The van der Waals surface area contributed by atoms with Gasteiger partial charge in [-0.15, -0.1) is 11.3 Å². The van der Waals surface area contributed by atoms with E-state index in [2.05, 4.69) is 0 Å². The molecule has 1 aromatic heterocycles. The third-order valence-electron chi connectivity index (χ3n) is 2.41. The first-order valence-corrected chi connectivity index (χ1v) is 5.28. The highest BCUT2D eigenvalue weighted by atomic mass is 32.1. The zero-order valence-electron chi connectivity index (χ0n) is 7.51. The Balaban J connectivity index is 2.22. The number of hydrogen-bond donors (Lipinski definition) is 2. The zero-order valence-corrected chi connectivity index (χ0v) is 8.33. The summed E-state index contributed by atoms with van der Waals surface area (Å²) in [5.41, 5.74) is 0.888. The maximum absolute atomic E-state index is 10.7. The third kappa shape index (κ3) is 1.60. The Bertz CT molecular complexity index is 350. The summed E-state index contributed by atoms with van der Waals surface area (Å²) in [5, 5.41) is 20.5. The summed E-state index contributed by atoms with van der Waals surface area (Å²) in [6.45, 7) is 0.652. The van der Waals surface area contributed by atoms with Crippen LogP contribution < -0.4 is 0 Å². The fourth-order valence-corrected chi connectivity index (χ4v) is 2.59. The van der Waals surface area contributed by atoms with Crippen molar-refractivity contribution in [2.24, 2.45) is 0 Å². The predicted octanol–water partition coefficient (Wildman–Crippen LogP) is 1.32. The number of rotatable bonds is 0. The molecule has 1 amide bonds. The number of nitrogens with zero attached hydrogens (tertiary/aromatic N) is 1. The Hall–Kier alpha value is -1.07. The fraction of sp³-hybridized carbons (Fsp3) is 0.444. The minimum atomic E-state index is -0.959. The molecular formula is C9H11NO3S. The standard InChI is InChI=1S/C9H11NO3S/c11-7-5-10(9(12)13)3-1-8-6(7)2-4-14-8/h2,4,7,11H,1,3,5H2,(H,12,13)/t7-/m0/s1. The summed E-state index contributed by atoms with van der Waals surface area (Å²) >= 11 is 1.58. The normalized spacial score (nSPS) is 21.5. The molecule has 4 nitrogen and oxygen atoms in total. The zero-order chi connectivity index (χ0) is 10.1. The van der Waals surface area contributed by atoms with Gasteiger partial charge in [-0.3, -0.25) is 0 Å². The van der Waals surface area contributed by atoms with Gasteiger partial charge in [-0.25, -0.2) is 4.79 Å². The van der Waals surface area contributed by atoms with Crippen LogP contribution in [0.3, 0.4) is 0 Å². The summed E-state index contributed by atoms with van der Waals surface area (Å²) < 4.78 is 0. The number of hydrogen-bond acceptors (Lipinski definition) is 3. The number of thiophene rings is 1. The number of aliphatic hydroxyl groups excluding tert-OH is 1. The van der Waals surface area contributed by atoms with Gasteiger partial charge in [0.25, 0.3) is 0 Å². The molecule has 0 saturated heterocycles. The molecule has 0 unspecified atom stereocenters. The van der Waals surface area contributed by atoms with Gasteiger partial charge in [0.15, 0.2) is 0 Å². The van der Waals surface area contributed by atoms with Gasteiger partial charge in [-0.1, -0.05) is 0 Å². The molecule has 0 saturated carbocycles. The van der Waals surface area contributed by atoms with Crippen molar-refractivity contribution in [3.63, 3.8) is 0 Å². The third-order valence-corrected chi connectivity index (χ3v) is 3.41. The SMILES string of the molecule is O=C(O)N1CCc2sccc2[C@@H](O)C1.